The molecule has 0 radical (unpaired) electrons. The van der Waals surface area contributed by atoms with Crippen molar-refractivity contribution in [2.45, 2.75) is 12.7 Å². The van der Waals surface area contributed by atoms with Crippen LogP contribution in [0.1, 0.15) is 17.2 Å². The van der Waals surface area contributed by atoms with Crippen LogP contribution in [0.2, 0.25) is 0 Å². The quantitative estimate of drug-likeness (QED) is 0.861. The second-order valence-electron chi connectivity index (χ2n) is 3.49. The van der Waals surface area contributed by atoms with E-state index in [0.717, 1.165) is 0 Å². The number of aromatic amines is 1. The third kappa shape index (κ3) is 2.82. The van der Waals surface area contributed by atoms with Crippen molar-refractivity contribution in [1.82, 2.24) is 4.98 Å². The summed E-state index contributed by atoms with van der Waals surface area (Å²) in [5, 5.41) is 9.94. The largest absolute Gasteiger partial charge is 0.435 e. The zero-order valence-corrected chi connectivity index (χ0v) is 8.81. The van der Waals surface area contributed by atoms with E-state index in [1.807, 2.05) is 0 Å². The smallest absolute Gasteiger partial charge is 0.387 e. The van der Waals surface area contributed by atoms with Gasteiger partial charge in [0.15, 0.2) is 0 Å². The summed E-state index contributed by atoms with van der Waals surface area (Å²) in [6.45, 7) is -2.84. The fourth-order valence-corrected chi connectivity index (χ4v) is 1.53. The molecule has 0 aliphatic heterocycles. The Balaban J connectivity index is 2.12. The van der Waals surface area contributed by atoms with Gasteiger partial charge in [-0.15, -0.1) is 0 Å². The summed E-state index contributed by atoms with van der Waals surface area (Å²) in [5.74, 6) is 0.0741. The van der Waals surface area contributed by atoms with Crippen LogP contribution in [0.25, 0.3) is 0 Å². The Labute approximate surface area is 96.7 Å². The predicted octanol–water partition coefficient (Wildman–Crippen LogP) is 2.70. The number of ether oxygens (including phenoxy) is 1. The zero-order valence-electron chi connectivity index (χ0n) is 8.81. The van der Waals surface area contributed by atoms with Crippen LogP contribution in [0.5, 0.6) is 5.75 Å². The maximum Gasteiger partial charge on any atom is 0.387 e. The lowest BCUT2D eigenvalue weighted by Gasteiger charge is -2.10. The van der Waals surface area contributed by atoms with E-state index < -0.39 is 12.7 Å². The Hall–Kier alpha value is -1.88. The number of aliphatic hydroxyl groups excluding tert-OH is 1. The summed E-state index contributed by atoms with van der Waals surface area (Å²) in [7, 11) is 0. The van der Waals surface area contributed by atoms with Crippen LogP contribution in [0, 0.1) is 0 Å². The summed E-state index contributed by atoms with van der Waals surface area (Å²) >= 11 is 0. The van der Waals surface area contributed by atoms with Crippen LogP contribution in [0.15, 0.2) is 42.7 Å². The van der Waals surface area contributed by atoms with Gasteiger partial charge in [0.2, 0.25) is 0 Å². The Bertz CT molecular complexity index is 454. The van der Waals surface area contributed by atoms with E-state index in [9.17, 15) is 13.9 Å². The van der Waals surface area contributed by atoms with Crippen molar-refractivity contribution < 1.29 is 18.6 Å². The standard InChI is InChI=1S/C12H11F2NO2/c13-12(14)17-10-3-1-8(2-4-10)11(16)9-5-6-15-7-9/h1-7,11-12,15-16H. The molecule has 2 N–H and O–H groups in total. The first-order valence-electron chi connectivity index (χ1n) is 5.02. The van der Waals surface area contributed by atoms with Crippen molar-refractivity contribution in [2.24, 2.45) is 0 Å². The topological polar surface area (TPSA) is 45.2 Å². The van der Waals surface area contributed by atoms with Gasteiger partial charge in [0, 0.05) is 18.0 Å². The first kappa shape index (κ1) is 11.6. The van der Waals surface area contributed by atoms with E-state index >= 15 is 0 Å². The number of aromatic nitrogens is 1. The number of nitrogens with one attached hydrogen (secondary N) is 1. The summed E-state index contributed by atoms with van der Waals surface area (Å²) in [6.07, 6.45) is 2.60. The van der Waals surface area contributed by atoms with E-state index in [4.69, 9.17) is 0 Å². The molecule has 2 aromatic rings. The minimum absolute atomic E-state index is 0.0741. The predicted molar refractivity (Wildman–Crippen MR) is 57.9 cm³/mol. The normalized spacial score (nSPS) is 12.7. The van der Waals surface area contributed by atoms with Gasteiger partial charge >= 0.3 is 6.61 Å². The molecule has 3 nitrogen and oxygen atoms in total. The van der Waals surface area contributed by atoms with Crippen molar-refractivity contribution >= 4 is 0 Å². The molecule has 1 heterocycles. The van der Waals surface area contributed by atoms with Crippen molar-refractivity contribution in [3.8, 4) is 5.75 Å². The van der Waals surface area contributed by atoms with Gasteiger partial charge in [0.1, 0.15) is 11.9 Å². The number of H-pyrrole nitrogens is 1. The van der Waals surface area contributed by atoms with Crippen LogP contribution < -0.4 is 4.74 Å². The van der Waals surface area contributed by atoms with Crippen LogP contribution in [0.3, 0.4) is 0 Å². The third-order valence-corrected chi connectivity index (χ3v) is 2.36. The van der Waals surface area contributed by atoms with Gasteiger partial charge in [-0.2, -0.15) is 8.78 Å². The lowest BCUT2D eigenvalue weighted by molar-refractivity contribution is -0.0498. The highest BCUT2D eigenvalue weighted by atomic mass is 19.3. The minimum Gasteiger partial charge on any atom is -0.435 e. The number of aliphatic hydroxyl groups is 1. The Kier molecular flexibility index (Phi) is 3.39. The molecule has 0 amide bonds. The fraction of sp³-hybridized carbons (Fsp3) is 0.167. The van der Waals surface area contributed by atoms with Crippen LogP contribution in [0.4, 0.5) is 8.78 Å². The van der Waals surface area contributed by atoms with Crippen molar-refractivity contribution in [3.05, 3.63) is 53.9 Å². The average molecular weight is 239 g/mol. The Morgan fingerprint density at radius 1 is 1.06 bits per heavy atom. The number of halogens is 2. The van der Waals surface area contributed by atoms with Crippen LogP contribution in [-0.4, -0.2) is 16.7 Å². The number of benzene rings is 1. The molecule has 90 valence electrons. The molecule has 0 bridgehead atoms. The molecule has 0 aliphatic carbocycles. The van der Waals surface area contributed by atoms with Crippen LogP contribution >= 0.6 is 0 Å². The average Bonchev–Trinajstić information content (AvgIpc) is 2.82. The monoisotopic (exact) mass is 239 g/mol. The highest BCUT2D eigenvalue weighted by Crippen LogP contribution is 2.24. The molecule has 0 aliphatic rings. The van der Waals surface area contributed by atoms with E-state index in [2.05, 4.69) is 9.72 Å². The molecule has 1 atom stereocenters. The van der Waals surface area contributed by atoms with Crippen molar-refractivity contribution in [1.29, 1.82) is 0 Å². The summed E-state index contributed by atoms with van der Waals surface area (Å²) in [6, 6.07) is 7.65. The SMILES string of the molecule is OC(c1ccc(OC(F)F)cc1)c1cc[nH]c1. The van der Waals surface area contributed by atoms with Crippen LogP contribution in [-0.2, 0) is 0 Å². The first-order valence-corrected chi connectivity index (χ1v) is 5.02. The molecule has 0 spiro atoms. The summed E-state index contributed by atoms with van der Waals surface area (Å²) in [4.78, 5) is 2.83. The molecule has 1 aromatic carbocycles. The third-order valence-electron chi connectivity index (χ3n) is 2.36. The molecule has 0 fully saturated rings. The molecule has 5 heteroatoms. The van der Waals surface area contributed by atoms with Crippen molar-refractivity contribution in [2.75, 3.05) is 0 Å². The van der Waals surface area contributed by atoms with Gasteiger partial charge in [0.25, 0.3) is 0 Å². The second kappa shape index (κ2) is 4.97. The van der Waals surface area contributed by atoms with E-state index in [1.165, 1.54) is 12.1 Å². The molecule has 17 heavy (non-hydrogen) atoms. The molecule has 1 aromatic heterocycles. The Morgan fingerprint density at radius 3 is 2.29 bits per heavy atom. The maximum absolute atomic E-state index is 11.9. The minimum atomic E-state index is -2.84. The summed E-state index contributed by atoms with van der Waals surface area (Å²) < 4.78 is 28.1. The van der Waals surface area contributed by atoms with Gasteiger partial charge in [-0.3, -0.25) is 0 Å². The maximum atomic E-state index is 11.9. The lowest BCUT2D eigenvalue weighted by atomic mass is 10.0. The first-order chi connectivity index (χ1) is 8.16. The van der Waals surface area contributed by atoms with Crippen molar-refractivity contribution in [3.63, 3.8) is 0 Å². The number of hydrogen-bond acceptors (Lipinski definition) is 2. The lowest BCUT2D eigenvalue weighted by Crippen LogP contribution is -2.02. The highest BCUT2D eigenvalue weighted by molar-refractivity contribution is 5.33. The number of hydrogen-bond donors (Lipinski definition) is 2. The van der Waals surface area contributed by atoms with E-state index in [-0.39, 0.29) is 5.75 Å². The molecule has 0 saturated heterocycles. The second-order valence-corrected chi connectivity index (χ2v) is 3.49. The van der Waals surface area contributed by atoms with Gasteiger partial charge in [0.05, 0.1) is 0 Å². The fourth-order valence-electron chi connectivity index (χ4n) is 1.53. The van der Waals surface area contributed by atoms with Gasteiger partial charge in [-0.1, -0.05) is 12.1 Å². The van der Waals surface area contributed by atoms with Gasteiger partial charge in [-0.05, 0) is 23.8 Å². The molecule has 2 rings (SSSR count). The van der Waals surface area contributed by atoms with Gasteiger partial charge < -0.3 is 14.8 Å². The highest BCUT2D eigenvalue weighted by Gasteiger charge is 2.11. The molecule has 1 unspecified atom stereocenters. The molecular formula is C12H11F2NO2. The zero-order chi connectivity index (χ0) is 12.3. The van der Waals surface area contributed by atoms with Gasteiger partial charge in [-0.25, -0.2) is 0 Å². The number of alkyl halides is 2. The Morgan fingerprint density at radius 2 is 1.76 bits per heavy atom. The number of rotatable bonds is 4. The molecule has 0 saturated carbocycles. The van der Waals surface area contributed by atoms with E-state index in [0.29, 0.717) is 11.1 Å². The molecular weight excluding hydrogens is 228 g/mol. The van der Waals surface area contributed by atoms with E-state index in [1.54, 1.807) is 30.6 Å². The summed E-state index contributed by atoms with van der Waals surface area (Å²) in [5.41, 5.74) is 1.33.